The summed E-state index contributed by atoms with van der Waals surface area (Å²) in [5, 5.41) is 2.88. The minimum absolute atomic E-state index is 0.00407. The van der Waals surface area contributed by atoms with E-state index in [4.69, 9.17) is 16.3 Å². The molecule has 0 radical (unpaired) electrons. The van der Waals surface area contributed by atoms with Crippen LogP contribution in [0.3, 0.4) is 0 Å². The minimum Gasteiger partial charge on any atom is -0.385 e. The Hall–Kier alpha value is -1.15. The quantitative estimate of drug-likeness (QED) is 0.743. The van der Waals surface area contributed by atoms with Crippen molar-refractivity contribution in [1.82, 2.24) is 9.62 Å². The van der Waals surface area contributed by atoms with Crippen LogP contribution in [0.15, 0.2) is 23.1 Å². The van der Waals surface area contributed by atoms with E-state index in [1.807, 2.05) is 0 Å². The smallest absolute Gasteiger partial charge is 0.251 e. The van der Waals surface area contributed by atoms with E-state index in [0.717, 1.165) is 19.3 Å². The summed E-state index contributed by atoms with van der Waals surface area (Å²) in [5.41, 5.74) is 0.285. The van der Waals surface area contributed by atoms with Crippen molar-refractivity contribution < 1.29 is 17.9 Å². The van der Waals surface area contributed by atoms with Gasteiger partial charge >= 0.3 is 0 Å². The average molecular weight is 375 g/mol. The van der Waals surface area contributed by atoms with Crippen LogP contribution in [-0.2, 0) is 14.8 Å². The topological polar surface area (TPSA) is 75.7 Å². The number of amides is 1. The SMILES string of the molecule is COCCCNC(=O)c1ccc(Cl)c(S(=O)(=O)N2CCCCC2)c1. The summed E-state index contributed by atoms with van der Waals surface area (Å²) >= 11 is 6.10. The van der Waals surface area contributed by atoms with Crippen molar-refractivity contribution >= 4 is 27.5 Å². The van der Waals surface area contributed by atoms with Gasteiger partial charge in [-0.3, -0.25) is 4.79 Å². The molecule has 2 rings (SSSR count). The van der Waals surface area contributed by atoms with Gasteiger partial charge in [0.2, 0.25) is 10.0 Å². The fourth-order valence-corrected chi connectivity index (χ4v) is 4.62. The molecular formula is C16H23ClN2O4S. The number of hydrogen-bond donors (Lipinski definition) is 1. The van der Waals surface area contributed by atoms with Gasteiger partial charge in [-0.15, -0.1) is 0 Å². The molecule has 1 aromatic rings. The lowest BCUT2D eigenvalue weighted by molar-refractivity contribution is 0.0948. The summed E-state index contributed by atoms with van der Waals surface area (Å²) < 4.78 is 31.9. The van der Waals surface area contributed by atoms with Crippen LogP contribution in [0.4, 0.5) is 0 Å². The average Bonchev–Trinajstić information content (AvgIpc) is 2.59. The highest BCUT2D eigenvalue weighted by Crippen LogP contribution is 2.27. The highest BCUT2D eigenvalue weighted by Gasteiger charge is 2.28. The Morgan fingerprint density at radius 2 is 2.00 bits per heavy atom. The van der Waals surface area contributed by atoms with E-state index in [2.05, 4.69) is 5.32 Å². The van der Waals surface area contributed by atoms with Crippen molar-refractivity contribution in [2.75, 3.05) is 33.4 Å². The summed E-state index contributed by atoms with van der Waals surface area (Å²) in [4.78, 5) is 12.2. The van der Waals surface area contributed by atoms with E-state index in [9.17, 15) is 13.2 Å². The number of rotatable bonds is 7. The van der Waals surface area contributed by atoms with Crippen molar-refractivity contribution in [3.63, 3.8) is 0 Å². The molecule has 134 valence electrons. The van der Waals surface area contributed by atoms with Gasteiger partial charge in [-0.05, 0) is 37.5 Å². The molecule has 1 aromatic carbocycles. The van der Waals surface area contributed by atoms with E-state index in [0.29, 0.717) is 32.7 Å². The Kier molecular flexibility index (Phi) is 7.03. The van der Waals surface area contributed by atoms with E-state index in [1.54, 1.807) is 7.11 Å². The van der Waals surface area contributed by atoms with Crippen LogP contribution in [0.5, 0.6) is 0 Å². The molecule has 0 unspecified atom stereocenters. The van der Waals surface area contributed by atoms with E-state index in [-0.39, 0.29) is 21.4 Å². The fourth-order valence-electron chi connectivity index (χ4n) is 2.61. The molecule has 1 heterocycles. The molecule has 0 saturated carbocycles. The summed E-state index contributed by atoms with van der Waals surface area (Å²) in [6.45, 7) is 2.00. The molecule has 0 spiro atoms. The Morgan fingerprint density at radius 1 is 1.29 bits per heavy atom. The van der Waals surface area contributed by atoms with Gasteiger partial charge in [-0.2, -0.15) is 4.31 Å². The van der Waals surface area contributed by atoms with Gasteiger partial charge in [0.25, 0.3) is 5.91 Å². The van der Waals surface area contributed by atoms with Gasteiger partial charge in [0.05, 0.1) is 5.02 Å². The van der Waals surface area contributed by atoms with Crippen molar-refractivity contribution in [2.24, 2.45) is 0 Å². The van der Waals surface area contributed by atoms with Gasteiger partial charge in [-0.1, -0.05) is 18.0 Å². The number of hydrogen-bond acceptors (Lipinski definition) is 4. The first-order valence-corrected chi connectivity index (χ1v) is 9.85. The lowest BCUT2D eigenvalue weighted by Crippen LogP contribution is -2.36. The monoisotopic (exact) mass is 374 g/mol. The molecule has 0 aliphatic carbocycles. The second-order valence-corrected chi connectivity index (χ2v) is 8.03. The maximum Gasteiger partial charge on any atom is 0.251 e. The summed E-state index contributed by atoms with van der Waals surface area (Å²) in [6, 6.07) is 4.35. The van der Waals surface area contributed by atoms with E-state index >= 15 is 0 Å². The predicted molar refractivity (Wildman–Crippen MR) is 92.9 cm³/mol. The van der Waals surface area contributed by atoms with Gasteiger partial charge in [-0.25, -0.2) is 8.42 Å². The van der Waals surface area contributed by atoms with Crippen LogP contribution >= 0.6 is 11.6 Å². The lowest BCUT2D eigenvalue weighted by Gasteiger charge is -2.26. The van der Waals surface area contributed by atoms with Crippen molar-refractivity contribution in [3.05, 3.63) is 28.8 Å². The third-order valence-corrected chi connectivity index (χ3v) is 6.32. The van der Waals surface area contributed by atoms with Gasteiger partial charge in [0.15, 0.2) is 0 Å². The lowest BCUT2D eigenvalue weighted by atomic mass is 10.2. The number of carbonyl (C=O) groups excluding carboxylic acids is 1. The number of halogens is 1. The molecule has 0 aromatic heterocycles. The van der Waals surface area contributed by atoms with Crippen molar-refractivity contribution in [2.45, 2.75) is 30.6 Å². The Bertz CT molecular complexity index is 673. The number of benzene rings is 1. The number of ether oxygens (including phenoxy) is 1. The Labute approximate surface area is 148 Å². The fraction of sp³-hybridized carbons (Fsp3) is 0.562. The van der Waals surface area contributed by atoms with E-state index < -0.39 is 10.0 Å². The van der Waals surface area contributed by atoms with Crippen LogP contribution in [-0.4, -0.2) is 52.0 Å². The zero-order valence-corrected chi connectivity index (χ0v) is 15.3. The van der Waals surface area contributed by atoms with Gasteiger partial charge in [0.1, 0.15) is 4.90 Å². The molecule has 1 aliphatic rings. The third kappa shape index (κ3) is 4.69. The maximum absolute atomic E-state index is 12.8. The third-order valence-electron chi connectivity index (χ3n) is 3.94. The molecule has 6 nitrogen and oxygen atoms in total. The van der Waals surface area contributed by atoms with E-state index in [1.165, 1.54) is 22.5 Å². The predicted octanol–water partition coefficient (Wildman–Crippen LogP) is 2.28. The number of piperidine rings is 1. The molecule has 0 bridgehead atoms. The zero-order valence-electron chi connectivity index (χ0n) is 13.8. The number of nitrogens with zero attached hydrogens (tertiary/aromatic N) is 1. The second-order valence-electron chi connectivity index (χ2n) is 5.71. The molecule has 8 heteroatoms. The molecule has 1 fully saturated rings. The first kappa shape index (κ1) is 19.2. The van der Waals surface area contributed by atoms with Crippen LogP contribution < -0.4 is 5.32 Å². The Morgan fingerprint density at radius 3 is 2.67 bits per heavy atom. The first-order valence-electron chi connectivity index (χ1n) is 8.03. The number of nitrogens with one attached hydrogen (secondary N) is 1. The van der Waals surface area contributed by atoms with Gasteiger partial charge < -0.3 is 10.1 Å². The summed E-state index contributed by atoms with van der Waals surface area (Å²) in [5.74, 6) is -0.321. The van der Waals surface area contributed by atoms with Crippen LogP contribution in [0, 0.1) is 0 Å². The zero-order chi connectivity index (χ0) is 17.6. The number of methoxy groups -OCH3 is 1. The standard InChI is InChI=1S/C16H23ClN2O4S/c1-23-11-5-8-18-16(20)13-6-7-14(17)15(12-13)24(21,22)19-9-3-2-4-10-19/h6-7,12H,2-5,8-11H2,1H3,(H,18,20). The molecule has 0 atom stereocenters. The number of carbonyl (C=O) groups is 1. The molecule has 1 saturated heterocycles. The second kappa shape index (κ2) is 8.80. The van der Waals surface area contributed by atoms with Crippen LogP contribution in [0.25, 0.3) is 0 Å². The highest BCUT2D eigenvalue weighted by molar-refractivity contribution is 7.89. The largest absolute Gasteiger partial charge is 0.385 e. The molecule has 1 amide bonds. The van der Waals surface area contributed by atoms with Crippen LogP contribution in [0.2, 0.25) is 5.02 Å². The first-order chi connectivity index (χ1) is 11.5. The molecule has 24 heavy (non-hydrogen) atoms. The maximum atomic E-state index is 12.8. The molecule has 1 N–H and O–H groups in total. The van der Waals surface area contributed by atoms with Crippen molar-refractivity contribution in [1.29, 1.82) is 0 Å². The van der Waals surface area contributed by atoms with Gasteiger partial charge in [0, 0.05) is 38.9 Å². The normalized spacial score (nSPS) is 16.1. The molecule has 1 aliphatic heterocycles. The Balaban J connectivity index is 2.17. The van der Waals surface area contributed by atoms with Crippen molar-refractivity contribution in [3.8, 4) is 0 Å². The summed E-state index contributed by atoms with van der Waals surface area (Å²) in [7, 11) is -2.08. The highest BCUT2D eigenvalue weighted by atomic mass is 35.5. The molecular weight excluding hydrogens is 352 g/mol. The summed E-state index contributed by atoms with van der Waals surface area (Å²) in [6.07, 6.45) is 3.41. The van der Waals surface area contributed by atoms with Crippen LogP contribution in [0.1, 0.15) is 36.0 Å². The number of sulfonamides is 1. The minimum atomic E-state index is -3.68.